The van der Waals surface area contributed by atoms with Crippen molar-refractivity contribution in [2.24, 2.45) is 5.92 Å². The Balaban J connectivity index is 1.44. The highest BCUT2D eigenvalue weighted by Gasteiger charge is 2.68. The van der Waals surface area contributed by atoms with E-state index in [1.165, 1.54) is 0 Å². The molecule has 2 aliphatic heterocycles. The zero-order valence-corrected chi connectivity index (χ0v) is 17.0. The van der Waals surface area contributed by atoms with Gasteiger partial charge in [-0.05, 0) is 30.5 Å². The molecule has 1 aliphatic carbocycles. The Hall–Kier alpha value is -2.73. The number of nitrogens with zero attached hydrogens (tertiary/aromatic N) is 3. The molecule has 0 unspecified atom stereocenters. The standard InChI is InChI=1S/C24H27N3O3/c28-14-20-21(17-8-2-1-3-9-17)24(27(20)22(29)18-10-4-5-11-18)15-26(16-24)23(30)19-12-6-7-13-25-19/h1-3,6-9,12-13,18,20-21,28H,4-5,10-11,14-16H2/t20-,21+/m1/s1. The minimum atomic E-state index is -0.432. The van der Waals surface area contributed by atoms with Crippen molar-refractivity contribution < 1.29 is 14.7 Å². The lowest BCUT2D eigenvalue weighted by atomic mass is 9.60. The number of aromatic nitrogens is 1. The van der Waals surface area contributed by atoms with E-state index in [1.807, 2.05) is 29.2 Å². The second-order valence-corrected chi connectivity index (χ2v) is 8.81. The first-order chi connectivity index (χ1) is 14.7. The Morgan fingerprint density at radius 1 is 1.03 bits per heavy atom. The van der Waals surface area contributed by atoms with Crippen LogP contribution in [0.25, 0.3) is 0 Å². The summed E-state index contributed by atoms with van der Waals surface area (Å²) in [7, 11) is 0. The number of carbonyl (C=O) groups is 2. The smallest absolute Gasteiger partial charge is 0.272 e. The van der Waals surface area contributed by atoms with Crippen molar-refractivity contribution >= 4 is 11.8 Å². The van der Waals surface area contributed by atoms with Gasteiger partial charge in [-0.25, -0.2) is 0 Å². The van der Waals surface area contributed by atoms with Crippen molar-refractivity contribution in [1.29, 1.82) is 0 Å². The molecular weight excluding hydrogens is 378 g/mol. The molecule has 1 spiro atoms. The molecule has 30 heavy (non-hydrogen) atoms. The summed E-state index contributed by atoms with van der Waals surface area (Å²) in [5.41, 5.74) is 1.12. The predicted molar refractivity (Wildman–Crippen MR) is 112 cm³/mol. The van der Waals surface area contributed by atoms with Crippen molar-refractivity contribution in [2.45, 2.75) is 43.2 Å². The fraction of sp³-hybridized carbons (Fsp3) is 0.458. The van der Waals surface area contributed by atoms with Gasteiger partial charge in [0.2, 0.25) is 5.91 Å². The summed E-state index contributed by atoms with van der Waals surface area (Å²) < 4.78 is 0. The van der Waals surface area contributed by atoms with Crippen LogP contribution < -0.4 is 0 Å². The molecule has 2 saturated heterocycles. The molecule has 6 nitrogen and oxygen atoms in total. The first-order valence-electron chi connectivity index (χ1n) is 10.8. The van der Waals surface area contributed by atoms with Gasteiger partial charge in [-0.2, -0.15) is 0 Å². The number of hydrogen-bond acceptors (Lipinski definition) is 4. The molecule has 156 valence electrons. The molecule has 0 radical (unpaired) electrons. The average molecular weight is 405 g/mol. The van der Waals surface area contributed by atoms with E-state index in [4.69, 9.17) is 0 Å². The van der Waals surface area contributed by atoms with Crippen LogP contribution >= 0.6 is 0 Å². The first kappa shape index (κ1) is 19.2. The number of rotatable bonds is 4. The third kappa shape index (κ3) is 2.85. The zero-order chi connectivity index (χ0) is 20.7. The van der Waals surface area contributed by atoms with Crippen molar-refractivity contribution in [3.63, 3.8) is 0 Å². The summed E-state index contributed by atoms with van der Waals surface area (Å²) in [4.78, 5) is 34.2. The summed E-state index contributed by atoms with van der Waals surface area (Å²) in [6.07, 6.45) is 5.66. The minimum Gasteiger partial charge on any atom is -0.394 e. The highest BCUT2D eigenvalue weighted by Crippen LogP contribution is 2.55. The van der Waals surface area contributed by atoms with Gasteiger partial charge >= 0.3 is 0 Å². The quantitative estimate of drug-likeness (QED) is 0.848. The molecule has 3 heterocycles. The molecule has 2 atom stereocenters. The van der Waals surface area contributed by atoms with Gasteiger partial charge in [-0.15, -0.1) is 0 Å². The third-order valence-corrected chi connectivity index (χ3v) is 7.16. The molecule has 2 amide bonds. The number of amides is 2. The molecule has 0 bridgehead atoms. The van der Waals surface area contributed by atoms with Crippen molar-refractivity contribution in [3.05, 3.63) is 66.0 Å². The number of likely N-dealkylation sites (tertiary alicyclic amines) is 2. The maximum atomic E-state index is 13.4. The summed E-state index contributed by atoms with van der Waals surface area (Å²) in [5, 5.41) is 10.2. The molecule has 5 rings (SSSR count). The molecule has 3 fully saturated rings. The van der Waals surface area contributed by atoms with Gasteiger partial charge < -0.3 is 14.9 Å². The van der Waals surface area contributed by atoms with Gasteiger partial charge in [0.15, 0.2) is 0 Å². The van der Waals surface area contributed by atoms with E-state index in [0.717, 1.165) is 31.2 Å². The lowest BCUT2D eigenvalue weighted by molar-refractivity contribution is -0.197. The van der Waals surface area contributed by atoms with Gasteiger partial charge in [-0.1, -0.05) is 49.2 Å². The molecule has 1 N–H and O–H groups in total. The lowest BCUT2D eigenvalue weighted by Crippen LogP contribution is -2.86. The molecule has 1 saturated carbocycles. The van der Waals surface area contributed by atoms with Gasteiger partial charge in [0, 0.05) is 31.1 Å². The molecular formula is C24H27N3O3. The first-order valence-corrected chi connectivity index (χ1v) is 10.8. The summed E-state index contributed by atoms with van der Waals surface area (Å²) in [5.74, 6) is 0.132. The highest BCUT2D eigenvalue weighted by molar-refractivity contribution is 5.93. The maximum Gasteiger partial charge on any atom is 0.272 e. The van der Waals surface area contributed by atoms with Gasteiger partial charge in [0.1, 0.15) is 5.69 Å². The van der Waals surface area contributed by atoms with E-state index >= 15 is 0 Å². The Kier molecular flexibility index (Phi) is 4.82. The van der Waals surface area contributed by atoms with Crippen molar-refractivity contribution in [3.8, 4) is 0 Å². The normalized spacial score (nSPS) is 25.1. The monoisotopic (exact) mass is 405 g/mol. The number of pyridine rings is 1. The minimum absolute atomic E-state index is 0.0295. The number of carbonyl (C=O) groups excluding carboxylic acids is 2. The van der Waals surface area contributed by atoms with Crippen LogP contribution in [0.1, 0.15) is 47.7 Å². The molecule has 2 aromatic rings. The summed E-state index contributed by atoms with van der Waals surface area (Å²) in [6, 6.07) is 15.2. The maximum absolute atomic E-state index is 13.4. The topological polar surface area (TPSA) is 73.7 Å². The fourth-order valence-electron chi connectivity index (χ4n) is 5.80. The van der Waals surface area contributed by atoms with E-state index in [9.17, 15) is 14.7 Å². The van der Waals surface area contributed by atoms with Crippen LogP contribution in [0.2, 0.25) is 0 Å². The second kappa shape index (κ2) is 7.51. The fourth-order valence-corrected chi connectivity index (χ4v) is 5.80. The van der Waals surface area contributed by atoms with E-state index in [0.29, 0.717) is 18.8 Å². The van der Waals surface area contributed by atoms with Crippen LogP contribution in [-0.4, -0.2) is 63.0 Å². The van der Waals surface area contributed by atoms with Crippen molar-refractivity contribution in [2.75, 3.05) is 19.7 Å². The third-order valence-electron chi connectivity index (χ3n) is 7.16. The Morgan fingerprint density at radius 2 is 1.73 bits per heavy atom. The SMILES string of the molecule is O=C(c1ccccn1)N1CC2(C1)[C@@H](c1ccccc1)[C@@H](CO)N2C(=O)C1CCCC1. The Labute approximate surface area is 176 Å². The molecule has 1 aromatic heterocycles. The van der Waals surface area contributed by atoms with Gasteiger partial charge in [0.05, 0.1) is 18.2 Å². The number of benzene rings is 1. The van der Waals surface area contributed by atoms with E-state index < -0.39 is 5.54 Å². The van der Waals surface area contributed by atoms with Crippen LogP contribution in [-0.2, 0) is 4.79 Å². The van der Waals surface area contributed by atoms with Crippen LogP contribution in [0, 0.1) is 5.92 Å². The number of aliphatic hydroxyl groups is 1. The highest BCUT2D eigenvalue weighted by atomic mass is 16.3. The Morgan fingerprint density at radius 3 is 2.37 bits per heavy atom. The molecule has 6 heteroatoms. The van der Waals surface area contributed by atoms with Crippen LogP contribution in [0.4, 0.5) is 0 Å². The van der Waals surface area contributed by atoms with Crippen LogP contribution in [0.5, 0.6) is 0 Å². The number of hydrogen-bond donors (Lipinski definition) is 1. The second-order valence-electron chi connectivity index (χ2n) is 8.81. The molecule has 1 aromatic carbocycles. The Bertz CT molecular complexity index is 921. The van der Waals surface area contributed by atoms with Crippen molar-refractivity contribution in [1.82, 2.24) is 14.8 Å². The summed E-state index contributed by atoms with van der Waals surface area (Å²) >= 11 is 0. The summed E-state index contributed by atoms with van der Waals surface area (Å²) in [6.45, 7) is 0.905. The lowest BCUT2D eigenvalue weighted by Gasteiger charge is -2.70. The zero-order valence-electron chi connectivity index (χ0n) is 17.0. The largest absolute Gasteiger partial charge is 0.394 e. The van der Waals surface area contributed by atoms with E-state index in [2.05, 4.69) is 17.1 Å². The van der Waals surface area contributed by atoms with Crippen LogP contribution in [0.15, 0.2) is 54.7 Å². The van der Waals surface area contributed by atoms with Gasteiger partial charge in [-0.3, -0.25) is 14.6 Å². The molecule has 3 aliphatic rings. The average Bonchev–Trinajstić information content (AvgIpc) is 3.28. The van der Waals surface area contributed by atoms with E-state index in [-0.39, 0.29) is 36.3 Å². The van der Waals surface area contributed by atoms with Crippen LogP contribution in [0.3, 0.4) is 0 Å². The number of aliphatic hydroxyl groups excluding tert-OH is 1. The van der Waals surface area contributed by atoms with Gasteiger partial charge in [0.25, 0.3) is 5.91 Å². The van der Waals surface area contributed by atoms with E-state index in [1.54, 1.807) is 23.2 Å². The predicted octanol–water partition coefficient (Wildman–Crippen LogP) is 2.45.